The Balaban J connectivity index is 2.27. The molecule has 0 saturated carbocycles. The Morgan fingerprint density at radius 1 is 1.33 bits per heavy atom. The van der Waals surface area contributed by atoms with E-state index in [4.69, 9.17) is 10.2 Å². The van der Waals surface area contributed by atoms with Crippen LogP contribution < -0.4 is 5.73 Å². The predicted octanol–water partition coefficient (Wildman–Crippen LogP) is 3.29. The molecule has 1 aromatic carbocycles. The zero-order valence-corrected chi connectivity index (χ0v) is 10.3. The van der Waals surface area contributed by atoms with E-state index >= 15 is 0 Å². The second-order valence-corrected chi connectivity index (χ2v) is 4.35. The number of hydrogen-bond donors (Lipinski definition) is 1. The number of anilines is 1. The summed E-state index contributed by atoms with van der Waals surface area (Å²) in [6.45, 7) is 3.07. The molecule has 0 aliphatic rings. The maximum atomic E-state index is 5.86. The van der Waals surface area contributed by atoms with Crippen molar-refractivity contribution in [2.45, 2.75) is 19.9 Å². The molecule has 0 aliphatic heterocycles. The first-order chi connectivity index (χ1) is 8.79. The molecule has 2 N–H and O–H groups in total. The first-order valence-corrected chi connectivity index (χ1v) is 6.08. The maximum absolute atomic E-state index is 5.86. The van der Waals surface area contributed by atoms with Crippen LogP contribution in [0.5, 0.6) is 0 Å². The third-order valence-electron chi connectivity index (χ3n) is 3.00. The molecule has 3 aromatic rings. The molecule has 4 nitrogen and oxygen atoms in total. The molecule has 3 rings (SSSR count). The fourth-order valence-corrected chi connectivity index (χ4v) is 2.20. The van der Waals surface area contributed by atoms with Crippen molar-refractivity contribution in [1.29, 1.82) is 0 Å². The van der Waals surface area contributed by atoms with Crippen molar-refractivity contribution in [3.8, 4) is 11.4 Å². The number of hydrogen-bond acceptors (Lipinski definition) is 3. The fraction of sp³-hybridized carbons (Fsp3) is 0.214. The number of rotatable bonds is 3. The molecule has 92 valence electrons. The molecule has 0 atom stereocenters. The summed E-state index contributed by atoms with van der Waals surface area (Å²) in [7, 11) is 0. The number of nitrogen functional groups attached to an aromatic ring is 1. The zero-order chi connectivity index (χ0) is 12.5. The molecule has 18 heavy (non-hydrogen) atoms. The highest BCUT2D eigenvalue weighted by Gasteiger charge is 2.12. The highest BCUT2D eigenvalue weighted by Crippen LogP contribution is 2.26. The second-order valence-electron chi connectivity index (χ2n) is 4.35. The number of furan rings is 1. The van der Waals surface area contributed by atoms with Gasteiger partial charge in [-0.25, -0.2) is 4.98 Å². The Bertz CT molecular complexity index is 668. The number of aromatic nitrogens is 2. The van der Waals surface area contributed by atoms with Crippen LogP contribution in [0.15, 0.2) is 41.2 Å². The molecule has 0 unspecified atom stereocenters. The van der Waals surface area contributed by atoms with Crippen LogP contribution in [0.1, 0.15) is 13.3 Å². The molecule has 0 saturated heterocycles. The molecule has 2 heterocycles. The van der Waals surface area contributed by atoms with E-state index in [0.717, 1.165) is 41.1 Å². The van der Waals surface area contributed by atoms with Crippen LogP contribution in [-0.4, -0.2) is 9.55 Å². The molecule has 0 amide bonds. The maximum Gasteiger partial charge on any atom is 0.144 e. The van der Waals surface area contributed by atoms with E-state index < -0.39 is 0 Å². The van der Waals surface area contributed by atoms with Crippen LogP contribution >= 0.6 is 0 Å². The SMILES string of the molecule is CCCn1c(-c2ccoc2)nc2ccc(N)cc21. The van der Waals surface area contributed by atoms with Crippen molar-refractivity contribution in [2.75, 3.05) is 5.73 Å². The molecule has 0 spiro atoms. The monoisotopic (exact) mass is 241 g/mol. The van der Waals surface area contributed by atoms with Crippen LogP contribution in [-0.2, 0) is 6.54 Å². The molecule has 2 aromatic heterocycles. The predicted molar refractivity (Wildman–Crippen MR) is 72.1 cm³/mol. The third kappa shape index (κ3) is 1.66. The standard InChI is InChI=1S/C14H15N3O/c1-2-6-17-13-8-11(15)3-4-12(13)16-14(17)10-5-7-18-9-10/h3-5,7-9H,2,6,15H2,1H3. The van der Waals surface area contributed by atoms with Gasteiger partial charge in [0.15, 0.2) is 0 Å². The van der Waals surface area contributed by atoms with Gasteiger partial charge in [0, 0.05) is 12.2 Å². The molecule has 0 bridgehead atoms. The lowest BCUT2D eigenvalue weighted by Crippen LogP contribution is -1.99. The van der Waals surface area contributed by atoms with Crippen molar-refractivity contribution >= 4 is 16.7 Å². The number of benzene rings is 1. The molecule has 4 heteroatoms. The highest BCUT2D eigenvalue weighted by molar-refractivity contribution is 5.83. The Hall–Kier alpha value is -2.23. The number of imidazole rings is 1. The van der Waals surface area contributed by atoms with E-state index in [2.05, 4.69) is 16.5 Å². The average molecular weight is 241 g/mol. The first-order valence-electron chi connectivity index (χ1n) is 6.08. The summed E-state index contributed by atoms with van der Waals surface area (Å²) in [5, 5.41) is 0. The van der Waals surface area contributed by atoms with Gasteiger partial charge in [-0.3, -0.25) is 0 Å². The lowest BCUT2D eigenvalue weighted by molar-refractivity contribution is 0.567. The van der Waals surface area contributed by atoms with Gasteiger partial charge in [0.05, 0.1) is 22.9 Å². The van der Waals surface area contributed by atoms with Gasteiger partial charge in [-0.2, -0.15) is 0 Å². The topological polar surface area (TPSA) is 57.0 Å². The molecule has 0 radical (unpaired) electrons. The van der Waals surface area contributed by atoms with Crippen LogP contribution in [0.3, 0.4) is 0 Å². The summed E-state index contributed by atoms with van der Waals surface area (Å²) in [6, 6.07) is 7.74. The lowest BCUT2D eigenvalue weighted by Gasteiger charge is -2.06. The van der Waals surface area contributed by atoms with Gasteiger partial charge < -0.3 is 14.7 Å². The van der Waals surface area contributed by atoms with E-state index in [1.165, 1.54) is 0 Å². The fourth-order valence-electron chi connectivity index (χ4n) is 2.20. The van der Waals surface area contributed by atoms with E-state index in [0.29, 0.717) is 0 Å². The van der Waals surface area contributed by atoms with E-state index in [-0.39, 0.29) is 0 Å². The summed E-state index contributed by atoms with van der Waals surface area (Å²) < 4.78 is 7.33. The third-order valence-corrected chi connectivity index (χ3v) is 3.00. The lowest BCUT2D eigenvalue weighted by atomic mass is 10.2. The van der Waals surface area contributed by atoms with Crippen molar-refractivity contribution in [3.05, 3.63) is 36.8 Å². The van der Waals surface area contributed by atoms with Crippen molar-refractivity contribution < 1.29 is 4.42 Å². The van der Waals surface area contributed by atoms with Gasteiger partial charge in [-0.15, -0.1) is 0 Å². The summed E-state index contributed by atoms with van der Waals surface area (Å²) in [4.78, 5) is 4.66. The minimum absolute atomic E-state index is 0.762. The summed E-state index contributed by atoms with van der Waals surface area (Å²) in [5.41, 5.74) is 9.66. The van der Waals surface area contributed by atoms with Gasteiger partial charge >= 0.3 is 0 Å². The van der Waals surface area contributed by atoms with E-state index in [1.54, 1.807) is 12.5 Å². The summed E-state index contributed by atoms with van der Waals surface area (Å²) in [6.07, 6.45) is 4.43. The minimum Gasteiger partial charge on any atom is -0.472 e. The highest BCUT2D eigenvalue weighted by atomic mass is 16.3. The summed E-state index contributed by atoms with van der Waals surface area (Å²) in [5.74, 6) is 0.936. The molecule has 0 aliphatic carbocycles. The second kappa shape index (κ2) is 4.22. The normalized spacial score (nSPS) is 11.2. The number of fused-ring (bicyclic) bond motifs is 1. The van der Waals surface area contributed by atoms with Crippen molar-refractivity contribution in [3.63, 3.8) is 0 Å². The Morgan fingerprint density at radius 2 is 2.22 bits per heavy atom. The number of nitrogens with zero attached hydrogens (tertiary/aromatic N) is 2. The molecular weight excluding hydrogens is 226 g/mol. The van der Waals surface area contributed by atoms with Crippen LogP contribution in [0, 0.1) is 0 Å². The Kier molecular flexibility index (Phi) is 2.55. The first kappa shape index (κ1) is 10.9. The van der Waals surface area contributed by atoms with Gasteiger partial charge in [0.25, 0.3) is 0 Å². The van der Waals surface area contributed by atoms with Crippen LogP contribution in [0.25, 0.3) is 22.4 Å². The van der Waals surface area contributed by atoms with Gasteiger partial charge in [-0.1, -0.05) is 6.92 Å². The Morgan fingerprint density at radius 3 is 2.94 bits per heavy atom. The number of nitrogens with two attached hydrogens (primary N) is 1. The van der Waals surface area contributed by atoms with Gasteiger partial charge in [-0.05, 0) is 30.7 Å². The molecule has 0 fully saturated rings. The van der Waals surface area contributed by atoms with Crippen molar-refractivity contribution in [2.24, 2.45) is 0 Å². The molecular formula is C14H15N3O. The number of aryl methyl sites for hydroxylation is 1. The van der Waals surface area contributed by atoms with E-state index in [9.17, 15) is 0 Å². The summed E-state index contributed by atoms with van der Waals surface area (Å²) >= 11 is 0. The quantitative estimate of drug-likeness (QED) is 0.716. The largest absolute Gasteiger partial charge is 0.472 e. The Labute approximate surface area is 105 Å². The minimum atomic E-state index is 0.762. The van der Waals surface area contributed by atoms with Crippen LogP contribution in [0.4, 0.5) is 5.69 Å². The van der Waals surface area contributed by atoms with Crippen LogP contribution in [0.2, 0.25) is 0 Å². The smallest absolute Gasteiger partial charge is 0.144 e. The van der Waals surface area contributed by atoms with E-state index in [1.807, 2.05) is 24.3 Å². The van der Waals surface area contributed by atoms with Gasteiger partial charge in [0.1, 0.15) is 12.1 Å². The van der Waals surface area contributed by atoms with Gasteiger partial charge in [0.2, 0.25) is 0 Å². The van der Waals surface area contributed by atoms with Crippen molar-refractivity contribution in [1.82, 2.24) is 9.55 Å². The zero-order valence-electron chi connectivity index (χ0n) is 10.3. The average Bonchev–Trinajstić information content (AvgIpc) is 2.98.